The fraction of sp³-hybridized carbons (Fsp3) is 0.190. The van der Waals surface area contributed by atoms with E-state index in [0.29, 0.717) is 21.2 Å². The maximum atomic E-state index is 12.7. The maximum Gasteiger partial charge on any atom is 0.291 e. The molecule has 0 fully saturated rings. The van der Waals surface area contributed by atoms with Gasteiger partial charge in [-0.2, -0.15) is 9.50 Å². The zero-order valence-corrected chi connectivity index (χ0v) is 15.7. The second-order valence-electron chi connectivity index (χ2n) is 6.74. The zero-order valence-electron chi connectivity index (χ0n) is 14.9. The van der Waals surface area contributed by atoms with Crippen LogP contribution in [0.15, 0.2) is 53.3 Å². The molecule has 0 saturated carbocycles. The van der Waals surface area contributed by atoms with Crippen LogP contribution < -0.4 is 10.1 Å². The number of thiazole rings is 1. The Kier molecular flexibility index (Phi) is 4.17. The summed E-state index contributed by atoms with van der Waals surface area (Å²) in [6.07, 6.45) is 1.90. The lowest BCUT2D eigenvalue weighted by Crippen LogP contribution is -2.23. The van der Waals surface area contributed by atoms with E-state index in [4.69, 9.17) is 0 Å². The number of fused-ring (bicyclic) bond motifs is 1. The van der Waals surface area contributed by atoms with E-state index in [-0.39, 0.29) is 5.56 Å². The maximum absolute atomic E-state index is 12.7. The van der Waals surface area contributed by atoms with E-state index >= 15 is 0 Å². The van der Waals surface area contributed by atoms with Gasteiger partial charge in [0.2, 0.25) is 4.96 Å². The normalized spacial score (nSPS) is 12.4. The highest BCUT2D eigenvalue weighted by Crippen LogP contribution is 2.18. The first-order valence-electron chi connectivity index (χ1n) is 8.59. The van der Waals surface area contributed by atoms with E-state index in [2.05, 4.69) is 36.1 Å². The van der Waals surface area contributed by atoms with E-state index in [9.17, 15) is 4.79 Å². The van der Waals surface area contributed by atoms with E-state index in [1.165, 1.54) is 21.4 Å². The second-order valence-corrected chi connectivity index (χ2v) is 7.75. The second kappa shape index (κ2) is 6.50. The number of nitrogens with zero attached hydrogens (tertiary/aromatic N) is 3. The molecule has 0 unspecified atom stereocenters. The molecule has 26 heavy (non-hydrogen) atoms. The number of rotatable bonds is 3. The smallest absolute Gasteiger partial charge is 0.266 e. The van der Waals surface area contributed by atoms with Crippen LogP contribution in [0.5, 0.6) is 0 Å². The standard InChI is InChI=1S/C21H19N3OS/c1-13(2)16-9-7-15(8-10-16)12-18-20(25)24-21(26-18)22-19(23-24)17-6-4-5-14(3)11-17/h4-13H,1-3H3. The van der Waals surface area contributed by atoms with Crippen LogP contribution >= 0.6 is 11.3 Å². The highest BCUT2D eigenvalue weighted by atomic mass is 32.1. The number of aromatic nitrogens is 3. The molecule has 4 aromatic rings. The monoisotopic (exact) mass is 361 g/mol. The summed E-state index contributed by atoms with van der Waals surface area (Å²) in [6, 6.07) is 16.3. The van der Waals surface area contributed by atoms with Crippen LogP contribution in [0.1, 0.15) is 36.5 Å². The first-order chi connectivity index (χ1) is 12.5. The minimum absolute atomic E-state index is 0.121. The van der Waals surface area contributed by atoms with Crippen molar-refractivity contribution >= 4 is 22.4 Å². The van der Waals surface area contributed by atoms with Crippen LogP contribution in [-0.4, -0.2) is 14.6 Å². The van der Waals surface area contributed by atoms with Crippen molar-refractivity contribution in [2.45, 2.75) is 26.7 Å². The first-order valence-corrected chi connectivity index (χ1v) is 9.41. The summed E-state index contributed by atoms with van der Waals surface area (Å²) in [7, 11) is 0. The Labute approximate surface area is 155 Å². The van der Waals surface area contributed by atoms with Crippen molar-refractivity contribution in [3.05, 3.63) is 80.1 Å². The third-order valence-electron chi connectivity index (χ3n) is 4.36. The molecular weight excluding hydrogens is 342 g/mol. The lowest BCUT2D eigenvalue weighted by atomic mass is 10.0. The number of aryl methyl sites for hydroxylation is 1. The van der Waals surface area contributed by atoms with Gasteiger partial charge in [0.05, 0.1) is 4.53 Å². The predicted octanol–water partition coefficient (Wildman–Crippen LogP) is 3.80. The molecule has 2 heterocycles. The van der Waals surface area contributed by atoms with Gasteiger partial charge >= 0.3 is 0 Å². The molecule has 4 rings (SSSR count). The molecule has 0 bridgehead atoms. The third kappa shape index (κ3) is 3.06. The van der Waals surface area contributed by atoms with Crippen molar-refractivity contribution in [2.24, 2.45) is 0 Å². The van der Waals surface area contributed by atoms with E-state index in [1.807, 2.05) is 49.4 Å². The highest BCUT2D eigenvalue weighted by Gasteiger charge is 2.12. The molecule has 0 aliphatic rings. The molecule has 0 spiro atoms. The van der Waals surface area contributed by atoms with Gasteiger partial charge in [-0.3, -0.25) is 4.79 Å². The molecule has 0 saturated heterocycles. The quantitative estimate of drug-likeness (QED) is 0.558. The van der Waals surface area contributed by atoms with Crippen molar-refractivity contribution < 1.29 is 0 Å². The molecule has 2 aromatic carbocycles. The number of hydrogen-bond acceptors (Lipinski definition) is 4. The molecule has 0 atom stereocenters. The summed E-state index contributed by atoms with van der Waals surface area (Å²) in [4.78, 5) is 17.8. The largest absolute Gasteiger partial charge is 0.291 e. The van der Waals surface area contributed by atoms with Gasteiger partial charge in [0, 0.05) is 5.56 Å². The Bertz CT molecular complexity index is 1190. The molecule has 0 N–H and O–H groups in total. The average Bonchev–Trinajstić information content (AvgIpc) is 3.16. The van der Waals surface area contributed by atoms with Crippen LogP contribution in [0.4, 0.5) is 0 Å². The van der Waals surface area contributed by atoms with E-state index in [1.54, 1.807) is 0 Å². The minimum atomic E-state index is -0.121. The van der Waals surface area contributed by atoms with Crippen molar-refractivity contribution in [1.29, 1.82) is 0 Å². The summed E-state index contributed by atoms with van der Waals surface area (Å²) in [5.41, 5.74) is 4.24. The van der Waals surface area contributed by atoms with Gasteiger partial charge < -0.3 is 0 Å². The van der Waals surface area contributed by atoms with Gasteiger partial charge in [-0.25, -0.2) is 0 Å². The van der Waals surface area contributed by atoms with Crippen molar-refractivity contribution in [3.63, 3.8) is 0 Å². The molecule has 0 radical (unpaired) electrons. The fourth-order valence-electron chi connectivity index (χ4n) is 2.87. The molecule has 0 amide bonds. The Balaban J connectivity index is 1.75. The van der Waals surface area contributed by atoms with Crippen molar-refractivity contribution in [3.8, 4) is 11.4 Å². The van der Waals surface area contributed by atoms with Gasteiger partial charge in [0.15, 0.2) is 5.82 Å². The van der Waals surface area contributed by atoms with Crippen LogP contribution in [0.3, 0.4) is 0 Å². The van der Waals surface area contributed by atoms with E-state index in [0.717, 1.165) is 16.7 Å². The van der Waals surface area contributed by atoms with Gasteiger partial charge in [0.25, 0.3) is 5.56 Å². The van der Waals surface area contributed by atoms with Crippen LogP contribution in [0.2, 0.25) is 0 Å². The molecule has 0 aliphatic heterocycles. The Hall–Kier alpha value is -2.79. The Morgan fingerprint density at radius 1 is 1.12 bits per heavy atom. The first kappa shape index (κ1) is 16.7. The molecular formula is C21H19N3OS. The van der Waals surface area contributed by atoms with Crippen molar-refractivity contribution in [1.82, 2.24) is 14.6 Å². The number of benzene rings is 2. The molecule has 5 heteroatoms. The molecule has 0 aliphatic carbocycles. The van der Waals surface area contributed by atoms with Crippen molar-refractivity contribution in [2.75, 3.05) is 0 Å². The summed E-state index contributed by atoms with van der Waals surface area (Å²) >= 11 is 1.37. The lowest BCUT2D eigenvalue weighted by molar-refractivity contribution is 0.866. The third-order valence-corrected chi connectivity index (χ3v) is 5.32. The van der Waals surface area contributed by atoms with Crippen LogP contribution in [0, 0.1) is 6.92 Å². The molecule has 2 aromatic heterocycles. The summed E-state index contributed by atoms with van der Waals surface area (Å²) in [6.45, 7) is 6.36. The Morgan fingerprint density at radius 3 is 2.54 bits per heavy atom. The van der Waals surface area contributed by atoms with E-state index < -0.39 is 0 Å². The average molecular weight is 361 g/mol. The molecule has 130 valence electrons. The van der Waals surface area contributed by atoms with Crippen LogP contribution in [-0.2, 0) is 0 Å². The lowest BCUT2D eigenvalue weighted by Gasteiger charge is -2.04. The van der Waals surface area contributed by atoms with Gasteiger partial charge in [-0.15, -0.1) is 5.10 Å². The summed E-state index contributed by atoms with van der Waals surface area (Å²) in [5.74, 6) is 1.08. The number of hydrogen-bond donors (Lipinski definition) is 0. The van der Waals surface area contributed by atoms with Crippen LogP contribution in [0.25, 0.3) is 22.4 Å². The van der Waals surface area contributed by atoms with Gasteiger partial charge in [-0.1, -0.05) is 73.2 Å². The predicted molar refractivity (Wildman–Crippen MR) is 107 cm³/mol. The SMILES string of the molecule is Cc1cccc(-c2nc3sc(=Cc4ccc(C(C)C)cc4)c(=O)n3n2)c1. The Morgan fingerprint density at radius 2 is 1.88 bits per heavy atom. The summed E-state index contributed by atoms with van der Waals surface area (Å²) < 4.78 is 2.05. The topological polar surface area (TPSA) is 47.3 Å². The fourth-order valence-corrected chi connectivity index (χ4v) is 3.78. The van der Waals surface area contributed by atoms with Gasteiger partial charge in [0.1, 0.15) is 0 Å². The minimum Gasteiger partial charge on any atom is -0.266 e. The molecule has 4 nitrogen and oxygen atoms in total. The summed E-state index contributed by atoms with van der Waals surface area (Å²) in [5, 5.41) is 4.41. The zero-order chi connectivity index (χ0) is 18.3. The van der Waals surface area contributed by atoms with Gasteiger partial charge in [-0.05, 0) is 36.1 Å². The highest BCUT2D eigenvalue weighted by molar-refractivity contribution is 7.15.